The summed E-state index contributed by atoms with van der Waals surface area (Å²) in [5.74, 6) is 0. The summed E-state index contributed by atoms with van der Waals surface area (Å²) in [5, 5.41) is 1.01. The van der Waals surface area contributed by atoms with Gasteiger partial charge in [-0.3, -0.25) is 0 Å². The number of nitrogens with zero attached hydrogens (tertiary/aromatic N) is 1. The molecule has 35 heavy (non-hydrogen) atoms. The first kappa shape index (κ1) is 25.2. The van der Waals surface area contributed by atoms with Crippen molar-refractivity contribution in [3.63, 3.8) is 0 Å². The smallest absolute Gasteiger partial charge is 0.241 e. The number of rotatable bonds is 10. The molecule has 0 radical (unpaired) electrons. The fraction of sp³-hybridized carbons (Fsp3) is 0.355. The van der Waals surface area contributed by atoms with Crippen LogP contribution in [0.3, 0.4) is 0 Å². The summed E-state index contributed by atoms with van der Waals surface area (Å²) in [7, 11) is -3.70. The standard InChI is InChI=1S/C31H37NO2S/c1-5-7-10-25-12-9-13-26(11-8-6-2)30(25)21-27-22-32(31-20-24(4)16-19-29(27)31)35(33,34)28-17-14-23(3)15-18-28/h9,12-20,22H,5-8,10-11,21H2,1-4H3. The van der Waals surface area contributed by atoms with Gasteiger partial charge in [0.25, 0.3) is 10.0 Å². The lowest BCUT2D eigenvalue weighted by Crippen LogP contribution is -2.12. The van der Waals surface area contributed by atoms with Crippen molar-refractivity contribution >= 4 is 20.9 Å². The number of aryl methyl sites for hydroxylation is 4. The molecule has 1 heterocycles. The summed E-state index contributed by atoms with van der Waals surface area (Å²) in [6.45, 7) is 8.44. The van der Waals surface area contributed by atoms with Crippen molar-refractivity contribution in [1.29, 1.82) is 0 Å². The Labute approximate surface area is 210 Å². The van der Waals surface area contributed by atoms with Gasteiger partial charge < -0.3 is 0 Å². The second kappa shape index (κ2) is 10.8. The van der Waals surface area contributed by atoms with Gasteiger partial charge in [0.1, 0.15) is 0 Å². The molecule has 3 nitrogen and oxygen atoms in total. The van der Waals surface area contributed by atoms with Crippen molar-refractivity contribution < 1.29 is 8.42 Å². The van der Waals surface area contributed by atoms with Crippen molar-refractivity contribution in [2.45, 2.75) is 77.5 Å². The highest BCUT2D eigenvalue weighted by atomic mass is 32.2. The van der Waals surface area contributed by atoms with E-state index in [0.717, 1.165) is 72.5 Å². The Morgan fingerprint density at radius 3 is 1.94 bits per heavy atom. The van der Waals surface area contributed by atoms with E-state index in [2.05, 4.69) is 44.2 Å². The fourth-order valence-electron chi connectivity index (χ4n) is 4.85. The molecule has 4 aromatic rings. The first-order chi connectivity index (χ1) is 16.8. The van der Waals surface area contributed by atoms with Crippen LogP contribution in [0.4, 0.5) is 0 Å². The van der Waals surface area contributed by atoms with Gasteiger partial charge in [-0.15, -0.1) is 0 Å². The second-order valence-corrected chi connectivity index (χ2v) is 11.5. The van der Waals surface area contributed by atoms with Gasteiger partial charge in [0, 0.05) is 18.0 Å². The van der Waals surface area contributed by atoms with Gasteiger partial charge in [0.2, 0.25) is 0 Å². The van der Waals surface area contributed by atoms with Crippen LogP contribution in [-0.2, 0) is 29.3 Å². The molecule has 0 aliphatic carbocycles. The minimum atomic E-state index is -3.70. The molecule has 4 heteroatoms. The first-order valence-electron chi connectivity index (χ1n) is 12.9. The average molecular weight is 488 g/mol. The molecular weight excluding hydrogens is 450 g/mol. The molecule has 0 aliphatic heterocycles. The molecule has 0 saturated heterocycles. The van der Waals surface area contributed by atoms with Crippen LogP contribution in [0.2, 0.25) is 0 Å². The van der Waals surface area contributed by atoms with E-state index in [0.29, 0.717) is 4.90 Å². The Hall–Kier alpha value is -2.85. The number of unbranched alkanes of at least 4 members (excludes halogenated alkanes) is 2. The molecule has 1 aromatic heterocycles. The number of aromatic nitrogens is 1. The highest BCUT2D eigenvalue weighted by Crippen LogP contribution is 2.31. The molecule has 0 bridgehead atoms. The highest BCUT2D eigenvalue weighted by Gasteiger charge is 2.22. The van der Waals surface area contributed by atoms with Crippen molar-refractivity contribution in [3.05, 3.63) is 100 Å². The summed E-state index contributed by atoms with van der Waals surface area (Å²) in [6, 6.07) is 20.0. The zero-order valence-electron chi connectivity index (χ0n) is 21.5. The molecule has 0 atom stereocenters. The fourth-order valence-corrected chi connectivity index (χ4v) is 6.23. The van der Waals surface area contributed by atoms with Crippen molar-refractivity contribution in [2.75, 3.05) is 0 Å². The van der Waals surface area contributed by atoms with Crippen LogP contribution in [0.5, 0.6) is 0 Å². The zero-order valence-corrected chi connectivity index (χ0v) is 22.3. The van der Waals surface area contributed by atoms with E-state index in [1.54, 1.807) is 12.1 Å². The zero-order chi connectivity index (χ0) is 25.0. The van der Waals surface area contributed by atoms with Gasteiger partial charge in [0.15, 0.2) is 0 Å². The summed E-state index contributed by atoms with van der Waals surface area (Å²) < 4.78 is 28.9. The van der Waals surface area contributed by atoms with E-state index in [1.807, 2.05) is 38.2 Å². The maximum atomic E-state index is 13.7. The molecule has 184 valence electrons. The molecular formula is C31H37NO2S. The van der Waals surface area contributed by atoms with Gasteiger partial charge >= 0.3 is 0 Å². The average Bonchev–Trinajstić information content (AvgIpc) is 3.20. The third kappa shape index (κ3) is 5.38. The van der Waals surface area contributed by atoms with E-state index in [9.17, 15) is 8.42 Å². The molecule has 0 amide bonds. The minimum absolute atomic E-state index is 0.319. The third-order valence-corrected chi connectivity index (χ3v) is 8.61. The third-order valence-electron chi connectivity index (χ3n) is 6.92. The van der Waals surface area contributed by atoms with Crippen LogP contribution in [0.15, 0.2) is 71.8 Å². The second-order valence-electron chi connectivity index (χ2n) is 9.73. The normalized spacial score (nSPS) is 11.9. The molecule has 0 unspecified atom stereocenters. The molecule has 0 fully saturated rings. The lowest BCUT2D eigenvalue weighted by Gasteiger charge is -2.15. The van der Waals surface area contributed by atoms with E-state index >= 15 is 0 Å². The topological polar surface area (TPSA) is 39.1 Å². The maximum absolute atomic E-state index is 13.7. The summed E-state index contributed by atoms with van der Waals surface area (Å²) in [6.07, 6.45) is 9.36. The number of fused-ring (bicyclic) bond motifs is 1. The Balaban J connectivity index is 1.86. The predicted molar refractivity (Wildman–Crippen MR) is 147 cm³/mol. The number of benzene rings is 3. The summed E-state index contributed by atoms with van der Waals surface area (Å²) in [4.78, 5) is 0.319. The minimum Gasteiger partial charge on any atom is -0.241 e. The van der Waals surface area contributed by atoms with Gasteiger partial charge in [-0.05, 0) is 85.5 Å². The van der Waals surface area contributed by atoms with Crippen LogP contribution in [-0.4, -0.2) is 12.4 Å². The van der Waals surface area contributed by atoms with E-state index < -0.39 is 10.0 Å². The van der Waals surface area contributed by atoms with E-state index in [1.165, 1.54) is 20.7 Å². The van der Waals surface area contributed by atoms with Gasteiger partial charge in [-0.1, -0.05) is 74.7 Å². The summed E-state index contributed by atoms with van der Waals surface area (Å²) in [5.41, 5.74) is 8.08. The lowest BCUT2D eigenvalue weighted by atomic mass is 9.90. The summed E-state index contributed by atoms with van der Waals surface area (Å²) >= 11 is 0. The van der Waals surface area contributed by atoms with Crippen LogP contribution >= 0.6 is 0 Å². The monoisotopic (exact) mass is 487 g/mol. The lowest BCUT2D eigenvalue weighted by molar-refractivity contribution is 0.589. The van der Waals surface area contributed by atoms with Crippen molar-refractivity contribution in [3.8, 4) is 0 Å². The highest BCUT2D eigenvalue weighted by molar-refractivity contribution is 7.90. The van der Waals surface area contributed by atoms with E-state index in [4.69, 9.17) is 0 Å². The van der Waals surface area contributed by atoms with E-state index in [-0.39, 0.29) is 0 Å². The first-order valence-corrected chi connectivity index (χ1v) is 14.3. The van der Waals surface area contributed by atoms with Crippen LogP contribution in [0.25, 0.3) is 10.9 Å². The van der Waals surface area contributed by atoms with Crippen molar-refractivity contribution in [1.82, 2.24) is 3.97 Å². The molecule has 0 aliphatic rings. The Morgan fingerprint density at radius 1 is 0.743 bits per heavy atom. The molecule has 0 N–H and O–H groups in total. The van der Waals surface area contributed by atoms with Crippen LogP contribution < -0.4 is 0 Å². The molecule has 0 spiro atoms. The molecule has 4 rings (SSSR count). The van der Waals surface area contributed by atoms with Crippen LogP contribution in [0.1, 0.15) is 72.9 Å². The van der Waals surface area contributed by atoms with Crippen LogP contribution in [0, 0.1) is 13.8 Å². The number of hydrogen-bond acceptors (Lipinski definition) is 2. The largest absolute Gasteiger partial charge is 0.268 e. The molecule has 3 aromatic carbocycles. The van der Waals surface area contributed by atoms with Gasteiger partial charge in [-0.2, -0.15) is 0 Å². The molecule has 0 saturated carbocycles. The Bertz CT molecular complexity index is 1390. The number of hydrogen-bond donors (Lipinski definition) is 0. The quantitative estimate of drug-likeness (QED) is 0.229. The van der Waals surface area contributed by atoms with Crippen molar-refractivity contribution in [2.24, 2.45) is 0 Å². The predicted octanol–water partition coefficient (Wildman–Crippen LogP) is 7.77. The Morgan fingerprint density at radius 2 is 1.34 bits per heavy atom. The van der Waals surface area contributed by atoms with Gasteiger partial charge in [-0.25, -0.2) is 12.4 Å². The SMILES string of the molecule is CCCCc1cccc(CCCC)c1Cc1cn(S(=O)(=O)c2ccc(C)cc2)c2cc(C)ccc12. The maximum Gasteiger partial charge on any atom is 0.268 e. The van der Waals surface area contributed by atoms with Gasteiger partial charge in [0.05, 0.1) is 10.4 Å². The Kier molecular flexibility index (Phi) is 7.81.